The second-order valence-corrected chi connectivity index (χ2v) is 8.41. The first kappa shape index (κ1) is 19.9. The Morgan fingerprint density at radius 3 is 2.33 bits per heavy atom. The molecule has 1 amide bonds. The van der Waals surface area contributed by atoms with Gasteiger partial charge in [-0.05, 0) is 42.4 Å². The molecule has 1 aromatic rings. The zero-order valence-electron chi connectivity index (χ0n) is 15.8. The van der Waals surface area contributed by atoms with Crippen LogP contribution in [0.25, 0.3) is 0 Å². The Bertz CT molecular complexity index is 750. The number of nitrogens with zero attached hydrogens (tertiary/aromatic N) is 2. The quantitative estimate of drug-likeness (QED) is 0.770. The molecule has 1 aliphatic heterocycles. The van der Waals surface area contributed by atoms with E-state index in [-0.39, 0.29) is 28.1 Å². The van der Waals surface area contributed by atoms with Crippen LogP contribution in [0.3, 0.4) is 0 Å². The predicted octanol–water partition coefficient (Wildman–Crippen LogP) is 4.63. The molecule has 0 bridgehead atoms. The molecule has 148 valence electrons. The first-order valence-corrected chi connectivity index (χ1v) is 9.28. The van der Waals surface area contributed by atoms with Crippen molar-refractivity contribution in [1.82, 2.24) is 5.01 Å². The van der Waals surface area contributed by atoms with Crippen molar-refractivity contribution in [1.29, 1.82) is 0 Å². The number of benzene rings is 1. The second-order valence-electron chi connectivity index (χ2n) is 8.41. The zero-order chi connectivity index (χ0) is 20.0. The summed E-state index contributed by atoms with van der Waals surface area (Å²) >= 11 is 0. The van der Waals surface area contributed by atoms with Gasteiger partial charge in [0.15, 0.2) is 0 Å². The fourth-order valence-electron chi connectivity index (χ4n) is 3.83. The van der Waals surface area contributed by atoms with E-state index >= 15 is 0 Å². The number of hydrazone groups is 1. The summed E-state index contributed by atoms with van der Waals surface area (Å²) in [5.74, 6) is -2.13. The molecular weight excluding hydrogens is 357 g/mol. The molecule has 2 atom stereocenters. The van der Waals surface area contributed by atoms with Crippen LogP contribution in [0.2, 0.25) is 0 Å². The lowest BCUT2D eigenvalue weighted by molar-refractivity contribution is -0.312. The van der Waals surface area contributed by atoms with Gasteiger partial charge in [-0.25, -0.2) is 0 Å². The Labute approximate surface area is 157 Å². The molecule has 27 heavy (non-hydrogen) atoms. The number of aliphatic hydroxyl groups is 1. The van der Waals surface area contributed by atoms with Crippen LogP contribution in [0.15, 0.2) is 29.4 Å². The summed E-state index contributed by atoms with van der Waals surface area (Å²) in [5, 5.41) is 14.9. The van der Waals surface area contributed by atoms with Gasteiger partial charge in [-0.2, -0.15) is 23.3 Å². The van der Waals surface area contributed by atoms with Crippen molar-refractivity contribution >= 4 is 11.6 Å². The number of carbonyl (C=O) groups is 1. The third-order valence-electron chi connectivity index (χ3n) is 5.47. The molecule has 0 radical (unpaired) electrons. The Hall–Kier alpha value is -1.89. The maximum atomic E-state index is 13.9. The van der Waals surface area contributed by atoms with Crippen molar-refractivity contribution in [2.75, 3.05) is 0 Å². The minimum absolute atomic E-state index is 0.0754. The summed E-state index contributed by atoms with van der Waals surface area (Å²) in [4.78, 5) is 12.9. The minimum atomic E-state index is -4.99. The third kappa shape index (κ3) is 3.37. The Morgan fingerprint density at radius 2 is 1.78 bits per heavy atom. The topological polar surface area (TPSA) is 52.9 Å². The van der Waals surface area contributed by atoms with Crippen molar-refractivity contribution in [3.8, 4) is 0 Å². The van der Waals surface area contributed by atoms with Crippen LogP contribution in [-0.2, 0) is 5.41 Å². The average molecular weight is 382 g/mol. The third-order valence-corrected chi connectivity index (χ3v) is 5.47. The lowest BCUT2D eigenvalue weighted by Gasteiger charge is -2.37. The highest BCUT2D eigenvalue weighted by Gasteiger charge is 2.68. The number of carbonyl (C=O) groups excluding carboxylic acids is 1. The van der Waals surface area contributed by atoms with Gasteiger partial charge in [0.05, 0.1) is 5.92 Å². The van der Waals surface area contributed by atoms with E-state index in [2.05, 4.69) is 5.10 Å². The van der Waals surface area contributed by atoms with Gasteiger partial charge in [0.1, 0.15) is 0 Å². The van der Waals surface area contributed by atoms with Gasteiger partial charge in [0, 0.05) is 11.3 Å². The highest BCUT2D eigenvalue weighted by atomic mass is 19.4. The SMILES string of the molecule is CC(C)(C)c1ccc(C(=O)N2N=C3CCCCC[C@@H]3[C@@]2(O)C(F)(F)F)cc1. The van der Waals surface area contributed by atoms with Crippen LogP contribution in [0, 0.1) is 5.92 Å². The van der Waals surface area contributed by atoms with Gasteiger partial charge in [-0.1, -0.05) is 45.7 Å². The standard InChI is InChI=1S/C20H25F3N2O2/c1-18(2,3)14-11-9-13(10-12-14)17(26)25-19(27,20(21,22)23)15-7-5-4-6-8-16(15)24-25/h9-12,15,27H,4-8H2,1-3H3/t15-,19+/m0/s1. The lowest BCUT2D eigenvalue weighted by Crippen LogP contribution is -2.61. The number of hydrogen-bond donors (Lipinski definition) is 1. The fraction of sp³-hybridized carbons (Fsp3) is 0.600. The molecule has 0 unspecified atom stereocenters. The van der Waals surface area contributed by atoms with Gasteiger partial charge >= 0.3 is 6.18 Å². The van der Waals surface area contributed by atoms with Gasteiger partial charge in [-0.15, -0.1) is 0 Å². The number of halogens is 3. The van der Waals surface area contributed by atoms with E-state index in [0.29, 0.717) is 19.3 Å². The molecule has 1 fully saturated rings. The van der Waals surface area contributed by atoms with E-state index in [9.17, 15) is 23.1 Å². The van der Waals surface area contributed by atoms with Crippen LogP contribution < -0.4 is 0 Å². The Kier molecular flexibility index (Phi) is 4.87. The lowest BCUT2D eigenvalue weighted by atomic mass is 9.86. The fourth-order valence-corrected chi connectivity index (χ4v) is 3.83. The molecule has 7 heteroatoms. The van der Waals surface area contributed by atoms with Crippen LogP contribution in [0.5, 0.6) is 0 Å². The molecule has 1 aromatic carbocycles. The highest BCUT2D eigenvalue weighted by Crippen LogP contribution is 2.48. The molecule has 0 aromatic heterocycles. The van der Waals surface area contributed by atoms with E-state index < -0.39 is 23.7 Å². The van der Waals surface area contributed by atoms with Crippen molar-refractivity contribution in [3.63, 3.8) is 0 Å². The van der Waals surface area contributed by atoms with Crippen LogP contribution in [0.4, 0.5) is 13.2 Å². The maximum absolute atomic E-state index is 13.9. The number of hydrogen-bond acceptors (Lipinski definition) is 3. The molecule has 3 rings (SSSR count). The molecule has 4 nitrogen and oxygen atoms in total. The van der Waals surface area contributed by atoms with Crippen molar-refractivity contribution in [2.24, 2.45) is 11.0 Å². The highest BCUT2D eigenvalue weighted by molar-refractivity contribution is 5.99. The van der Waals surface area contributed by atoms with Gasteiger partial charge in [0.25, 0.3) is 11.6 Å². The Balaban J connectivity index is 1.99. The van der Waals surface area contributed by atoms with Crippen molar-refractivity contribution < 1.29 is 23.1 Å². The summed E-state index contributed by atoms with van der Waals surface area (Å²) in [7, 11) is 0. The number of fused-ring (bicyclic) bond motifs is 1. The monoisotopic (exact) mass is 382 g/mol. The molecule has 1 N–H and O–H groups in total. The molecule has 1 heterocycles. The molecule has 2 aliphatic rings. The van der Waals surface area contributed by atoms with E-state index in [1.54, 1.807) is 12.1 Å². The largest absolute Gasteiger partial charge is 0.439 e. The summed E-state index contributed by atoms with van der Waals surface area (Å²) in [6.45, 7) is 6.02. The molecule has 1 aliphatic carbocycles. The van der Waals surface area contributed by atoms with Crippen LogP contribution >= 0.6 is 0 Å². The summed E-state index contributed by atoms with van der Waals surface area (Å²) in [6, 6.07) is 6.44. The smallest absolute Gasteiger partial charge is 0.362 e. The van der Waals surface area contributed by atoms with E-state index in [1.165, 1.54) is 12.1 Å². The van der Waals surface area contributed by atoms with Crippen molar-refractivity contribution in [2.45, 2.75) is 70.2 Å². The molecule has 0 saturated heterocycles. The van der Waals surface area contributed by atoms with Gasteiger partial charge in [-0.3, -0.25) is 4.79 Å². The summed E-state index contributed by atoms with van der Waals surface area (Å²) in [6.07, 6.45) is -2.37. The Morgan fingerprint density at radius 1 is 1.15 bits per heavy atom. The minimum Gasteiger partial charge on any atom is -0.362 e. The summed E-state index contributed by atoms with van der Waals surface area (Å²) < 4.78 is 41.6. The zero-order valence-corrected chi connectivity index (χ0v) is 15.8. The van der Waals surface area contributed by atoms with E-state index in [4.69, 9.17) is 0 Å². The number of amides is 1. The number of rotatable bonds is 1. The van der Waals surface area contributed by atoms with E-state index in [0.717, 1.165) is 12.0 Å². The second kappa shape index (κ2) is 6.62. The summed E-state index contributed by atoms with van der Waals surface area (Å²) in [5.41, 5.74) is -2.12. The molecule has 0 spiro atoms. The van der Waals surface area contributed by atoms with Crippen LogP contribution in [-0.4, -0.2) is 33.6 Å². The van der Waals surface area contributed by atoms with Gasteiger partial charge < -0.3 is 5.11 Å². The molecular formula is C20H25F3N2O2. The molecule has 1 saturated carbocycles. The predicted molar refractivity (Wildman–Crippen MR) is 96.3 cm³/mol. The van der Waals surface area contributed by atoms with E-state index in [1.807, 2.05) is 20.8 Å². The average Bonchev–Trinajstić information content (AvgIpc) is 2.73. The maximum Gasteiger partial charge on any atom is 0.439 e. The first-order chi connectivity index (χ1) is 12.5. The normalized spacial score (nSPS) is 26.4. The van der Waals surface area contributed by atoms with Crippen LogP contribution in [0.1, 0.15) is 68.8 Å². The van der Waals surface area contributed by atoms with Gasteiger partial charge in [0.2, 0.25) is 0 Å². The first-order valence-electron chi connectivity index (χ1n) is 9.28. The van der Waals surface area contributed by atoms with Crippen molar-refractivity contribution in [3.05, 3.63) is 35.4 Å². The number of alkyl halides is 3.